The Balaban J connectivity index is 1.86. The summed E-state index contributed by atoms with van der Waals surface area (Å²) < 4.78 is 41.8. The van der Waals surface area contributed by atoms with Gasteiger partial charge in [0.2, 0.25) is 10.0 Å². The number of nitrogens with zero attached hydrogens (tertiary/aromatic N) is 1. The summed E-state index contributed by atoms with van der Waals surface area (Å²) in [6.45, 7) is 4.52. The molecule has 24 heavy (non-hydrogen) atoms. The molecule has 1 aromatic heterocycles. The van der Waals surface area contributed by atoms with E-state index in [2.05, 4.69) is 11.9 Å². The average molecular weight is 360 g/mol. The number of morpholine rings is 1. The van der Waals surface area contributed by atoms with E-state index >= 15 is 0 Å². The number of H-pyrrole nitrogens is 1. The number of rotatable bonds is 9. The maximum Gasteiger partial charge on any atom is 0.354 e. The van der Waals surface area contributed by atoms with Gasteiger partial charge in [-0.05, 0) is 12.5 Å². The first-order valence-corrected chi connectivity index (χ1v) is 9.51. The van der Waals surface area contributed by atoms with Crippen molar-refractivity contribution in [3.05, 3.63) is 18.0 Å². The van der Waals surface area contributed by atoms with Gasteiger partial charge in [0.15, 0.2) is 0 Å². The summed E-state index contributed by atoms with van der Waals surface area (Å²) in [5.74, 6) is -0.600. The molecule has 1 fully saturated rings. The highest BCUT2D eigenvalue weighted by Crippen LogP contribution is 2.18. The largest absolute Gasteiger partial charge is 0.459 e. The lowest BCUT2D eigenvalue weighted by Gasteiger charge is -2.25. The Bertz CT molecular complexity index is 622. The number of esters is 1. The second kappa shape index (κ2) is 9.16. The molecule has 0 radical (unpaired) electrons. The van der Waals surface area contributed by atoms with Gasteiger partial charge in [0.25, 0.3) is 0 Å². The number of aromatic amines is 1. The number of ether oxygens (including phenoxy) is 3. The molecule has 0 unspecified atom stereocenters. The standard InChI is InChI=1S/C15H24N2O6S/c1-2-3-6-21-9-10-23-15(18)14-11-13(12-16-14)24(19,20)17-4-7-22-8-5-17/h11-12,16H,2-10H2,1H3. The van der Waals surface area contributed by atoms with Crippen molar-refractivity contribution in [1.29, 1.82) is 0 Å². The van der Waals surface area contributed by atoms with Crippen LogP contribution in [0.4, 0.5) is 0 Å². The Kier molecular flexibility index (Phi) is 7.22. The molecule has 0 amide bonds. The van der Waals surface area contributed by atoms with Gasteiger partial charge >= 0.3 is 5.97 Å². The summed E-state index contributed by atoms with van der Waals surface area (Å²) >= 11 is 0. The van der Waals surface area contributed by atoms with Crippen molar-refractivity contribution in [2.24, 2.45) is 0 Å². The lowest BCUT2D eigenvalue weighted by Crippen LogP contribution is -2.40. The lowest BCUT2D eigenvalue weighted by atomic mass is 10.4. The summed E-state index contributed by atoms with van der Waals surface area (Å²) in [5.41, 5.74) is 0.107. The van der Waals surface area contributed by atoms with Crippen LogP contribution in [0, 0.1) is 0 Å². The molecule has 0 bridgehead atoms. The number of carbonyl (C=O) groups is 1. The Hall–Kier alpha value is -1.42. The minimum absolute atomic E-state index is 0.0514. The van der Waals surface area contributed by atoms with E-state index in [4.69, 9.17) is 14.2 Å². The maximum atomic E-state index is 12.5. The van der Waals surface area contributed by atoms with Crippen molar-refractivity contribution in [2.75, 3.05) is 46.1 Å². The Labute approximate surface area is 142 Å². The molecule has 1 aliphatic rings. The Morgan fingerprint density at radius 2 is 2.04 bits per heavy atom. The van der Waals surface area contributed by atoms with Crippen molar-refractivity contribution >= 4 is 16.0 Å². The summed E-state index contributed by atoms with van der Waals surface area (Å²) in [7, 11) is -3.62. The fourth-order valence-corrected chi connectivity index (χ4v) is 3.60. The number of nitrogens with one attached hydrogen (secondary N) is 1. The van der Waals surface area contributed by atoms with E-state index in [0.29, 0.717) is 39.5 Å². The van der Waals surface area contributed by atoms with Gasteiger partial charge in [-0.3, -0.25) is 0 Å². The highest BCUT2D eigenvalue weighted by molar-refractivity contribution is 7.89. The van der Waals surface area contributed by atoms with Gasteiger partial charge < -0.3 is 19.2 Å². The number of hydrogen-bond acceptors (Lipinski definition) is 6. The molecule has 136 valence electrons. The van der Waals surface area contributed by atoms with E-state index in [9.17, 15) is 13.2 Å². The molecule has 1 saturated heterocycles. The quantitative estimate of drug-likeness (QED) is 0.521. The summed E-state index contributed by atoms with van der Waals surface area (Å²) in [6.07, 6.45) is 3.31. The van der Waals surface area contributed by atoms with Crippen LogP contribution in [-0.2, 0) is 24.2 Å². The number of hydrogen-bond donors (Lipinski definition) is 1. The van der Waals surface area contributed by atoms with Gasteiger partial charge in [0.05, 0.1) is 19.8 Å². The topological polar surface area (TPSA) is 97.9 Å². The molecule has 8 nitrogen and oxygen atoms in total. The van der Waals surface area contributed by atoms with Gasteiger partial charge in [-0.2, -0.15) is 4.31 Å². The van der Waals surface area contributed by atoms with Gasteiger partial charge in [0.1, 0.15) is 17.2 Å². The predicted molar refractivity (Wildman–Crippen MR) is 86.4 cm³/mol. The lowest BCUT2D eigenvalue weighted by molar-refractivity contribution is 0.0308. The highest BCUT2D eigenvalue weighted by Gasteiger charge is 2.28. The molecule has 1 aromatic rings. The van der Waals surface area contributed by atoms with Crippen LogP contribution in [0.5, 0.6) is 0 Å². The third kappa shape index (κ3) is 5.04. The van der Waals surface area contributed by atoms with E-state index in [-0.39, 0.29) is 17.2 Å². The van der Waals surface area contributed by atoms with Crippen molar-refractivity contribution in [2.45, 2.75) is 24.7 Å². The van der Waals surface area contributed by atoms with E-state index < -0.39 is 16.0 Å². The SMILES string of the molecule is CCCCOCCOC(=O)c1cc(S(=O)(=O)N2CCOCC2)c[nH]1. The van der Waals surface area contributed by atoms with Gasteiger partial charge in [-0.25, -0.2) is 13.2 Å². The van der Waals surface area contributed by atoms with Crippen LogP contribution in [0.25, 0.3) is 0 Å². The molecule has 0 spiro atoms. The summed E-state index contributed by atoms with van der Waals surface area (Å²) in [6, 6.07) is 1.30. The molecule has 2 rings (SSSR count). The number of sulfonamides is 1. The molecular weight excluding hydrogens is 336 g/mol. The van der Waals surface area contributed by atoms with E-state index in [1.165, 1.54) is 16.6 Å². The first kappa shape index (κ1) is 18.9. The number of aromatic nitrogens is 1. The van der Waals surface area contributed by atoms with Crippen molar-refractivity contribution in [3.63, 3.8) is 0 Å². The van der Waals surface area contributed by atoms with Crippen LogP contribution < -0.4 is 0 Å². The predicted octanol–water partition coefficient (Wildman–Crippen LogP) is 1.01. The zero-order valence-corrected chi connectivity index (χ0v) is 14.6. The smallest absolute Gasteiger partial charge is 0.354 e. The van der Waals surface area contributed by atoms with Crippen LogP contribution in [0.15, 0.2) is 17.2 Å². The first-order chi connectivity index (χ1) is 11.6. The van der Waals surface area contributed by atoms with Crippen LogP contribution in [0.1, 0.15) is 30.3 Å². The zero-order valence-electron chi connectivity index (χ0n) is 13.8. The van der Waals surface area contributed by atoms with Crippen molar-refractivity contribution < 1.29 is 27.4 Å². The minimum Gasteiger partial charge on any atom is -0.459 e. The van der Waals surface area contributed by atoms with Gasteiger partial charge in [-0.1, -0.05) is 13.3 Å². The van der Waals surface area contributed by atoms with Crippen molar-refractivity contribution in [1.82, 2.24) is 9.29 Å². The Morgan fingerprint density at radius 1 is 1.29 bits per heavy atom. The van der Waals surface area contributed by atoms with Gasteiger partial charge in [0, 0.05) is 25.9 Å². The minimum atomic E-state index is -3.62. The first-order valence-electron chi connectivity index (χ1n) is 8.07. The molecule has 0 atom stereocenters. The summed E-state index contributed by atoms with van der Waals surface area (Å²) in [5, 5.41) is 0. The second-order valence-electron chi connectivity index (χ2n) is 5.37. The van der Waals surface area contributed by atoms with E-state index in [1.54, 1.807) is 0 Å². The molecule has 0 saturated carbocycles. The average Bonchev–Trinajstić information content (AvgIpc) is 3.09. The van der Waals surface area contributed by atoms with Crippen LogP contribution in [-0.4, -0.2) is 69.8 Å². The maximum absolute atomic E-state index is 12.5. The second-order valence-corrected chi connectivity index (χ2v) is 7.31. The summed E-state index contributed by atoms with van der Waals surface area (Å²) in [4.78, 5) is 14.6. The fraction of sp³-hybridized carbons (Fsp3) is 0.667. The monoisotopic (exact) mass is 360 g/mol. The third-order valence-corrected chi connectivity index (χ3v) is 5.46. The molecular formula is C15H24N2O6S. The van der Waals surface area contributed by atoms with Crippen LogP contribution in [0.3, 0.4) is 0 Å². The van der Waals surface area contributed by atoms with E-state index in [1.807, 2.05) is 0 Å². The fourth-order valence-electron chi connectivity index (χ4n) is 2.20. The third-order valence-electron chi connectivity index (χ3n) is 3.59. The van der Waals surface area contributed by atoms with E-state index in [0.717, 1.165) is 12.8 Å². The molecule has 2 heterocycles. The highest BCUT2D eigenvalue weighted by atomic mass is 32.2. The molecule has 9 heteroatoms. The molecule has 1 N–H and O–H groups in total. The van der Waals surface area contributed by atoms with Crippen LogP contribution in [0.2, 0.25) is 0 Å². The van der Waals surface area contributed by atoms with Gasteiger partial charge in [-0.15, -0.1) is 0 Å². The molecule has 0 aromatic carbocycles. The normalized spacial score (nSPS) is 16.2. The number of carbonyl (C=O) groups excluding carboxylic acids is 1. The molecule has 0 aliphatic carbocycles. The molecule has 1 aliphatic heterocycles. The number of unbranched alkanes of at least 4 members (excludes halogenated alkanes) is 1. The van der Waals surface area contributed by atoms with Crippen molar-refractivity contribution in [3.8, 4) is 0 Å². The Morgan fingerprint density at radius 3 is 2.75 bits per heavy atom. The van der Waals surface area contributed by atoms with Crippen LogP contribution >= 0.6 is 0 Å². The zero-order chi connectivity index (χ0) is 17.4.